The van der Waals surface area contributed by atoms with Gasteiger partial charge < -0.3 is 11.1 Å². The number of hydrogen-bond donors (Lipinski definition) is 3. The molecular weight excluding hydrogens is 190 g/mol. The van der Waals surface area contributed by atoms with Crippen molar-refractivity contribution in [3.8, 4) is 0 Å². The van der Waals surface area contributed by atoms with Gasteiger partial charge in [0.25, 0.3) is 5.91 Å². The molecule has 74 valence electrons. The first-order valence-electron chi connectivity index (χ1n) is 4.00. The van der Waals surface area contributed by atoms with Gasteiger partial charge >= 0.3 is 6.03 Å². The van der Waals surface area contributed by atoms with E-state index in [9.17, 15) is 9.59 Å². The Labute approximate surface area is 80.8 Å². The van der Waals surface area contributed by atoms with Crippen molar-refractivity contribution in [2.75, 3.05) is 18.1 Å². The number of carbonyl (C=O) groups excluding carboxylic acids is 2. The van der Waals surface area contributed by atoms with Crippen molar-refractivity contribution < 1.29 is 9.59 Å². The second-order valence-corrected chi connectivity index (χ2v) is 4.19. The Balaban J connectivity index is 2.46. The Kier molecular flexibility index (Phi) is 3.16. The van der Waals surface area contributed by atoms with Crippen LogP contribution in [0.15, 0.2) is 0 Å². The molecule has 0 bridgehead atoms. The van der Waals surface area contributed by atoms with Crippen LogP contribution in [0, 0.1) is 0 Å². The van der Waals surface area contributed by atoms with Crippen LogP contribution in [0.2, 0.25) is 0 Å². The van der Waals surface area contributed by atoms with Crippen molar-refractivity contribution in [1.29, 1.82) is 0 Å². The lowest BCUT2D eigenvalue weighted by atomic mass is 10.1. The second-order valence-electron chi connectivity index (χ2n) is 3.08. The molecule has 1 aliphatic heterocycles. The largest absolute Gasteiger partial charge is 0.330 e. The molecule has 4 N–H and O–H groups in total. The molecule has 13 heavy (non-hydrogen) atoms. The molecule has 1 unspecified atom stereocenters. The van der Waals surface area contributed by atoms with E-state index >= 15 is 0 Å². The van der Waals surface area contributed by atoms with Crippen LogP contribution in [0.25, 0.3) is 0 Å². The first kappa shape index (κ1) is 10.3. The summed E-state index contributed by atoms with van der Waals surface area (Å²) in [5.74, 6) is 1.09. The molecule has 5 nitrogen and oxygen atoms in total. The highest BCUT2D eigenvalue weighted by Gasteiger charge is 2.41. The first-order chi connectivity index (χ1) is 6.08. The van der Waals surface area contributed by atoms with E-state index in [4.69, 9.17) is 5.73 Å². The van der Waals surface area contributed by atoms with E-state index in [1.807, 2.05) is 0 Å². The Morgan fingerprint density at radius 1 is 1.54 bits per heavy atom. The maximum absolute atomic E-state index is 11.3. The fourth-order valence-corrected chi connectivity index (χ4v) is 1.96. The molecule has 1 saturated heterocycles. The lowest BCUT2D eigenvalue weighted by Crippen LogP contribution is -2.46. The molecule has 0 aliphatic carbocycles. The molecule has 0 radical (unpaired) electrons. The molecule has 1 fully saturated rings. The zero-order chi connectivity index (χ0) is 9.90. The number of rotatable bonds is 4. The average Bonchev–Trinajstić information content (AvgIpc) is 2.27. The van der Waals surface area contributed by atoms with E-state index in [-0.39, 0.29) is 5.91 Å². The smallest absolute Gasteiger partial charge is 0.322 e. The second kappa shape index (κ2) is 3.97. The Bertz CT molecular complexity index is 234. The summed E-state index contributed by atoms with van der Waals surface area (Å²) in [7, 11) is 0. The molecule has 0 aromatic heterocycles. The van der Waals surface area contributed by atoms with Crippen molar-refractivity contribution in [3.05, 3.63) is 0 Å². The van der Waals surface area contributed by atoms with Gasteiger partial charge in [-0.3, -0.25) is 10.1 Å². The van der Waals surface area contributed by atoms with E-state index in [1.165, 1.54) is 0 Å². The highest BCUT2D eigenvalue weighted by Crippen LogP contribution is 2.16. The molecule has 6 heteroatoms. The van der Waals surface area contributed by atoms with Gasteiger partial charge in [-0.15, -0.1) is 0 Å². The minimum Gasteiger partial charge on any atom is -0.330 e. The number of thioether (sulfide) groups is 1. The van der Waals surface area contributed by atoms with Crippen LogP contribution in [0.3, 0.4) is 0 Å². The zero-order valence-electron chi connectivity index (χ0n) is 7.42. The molecule has 1 aliphatic rings. The lowest BCUT2D eigenvalue weighted by Gasteiger charge is -2.19. The minimum atomic E-state index is -0.767. The molecule has 1 heterocycles. The van der Waals surface area contributed by atoms with Gasteiger partial charge in [0, 0.05) is 18.1 Å². The summed E-state index contributed by atoms with van der Waals surface area (Å²) in [6, 6.07) is -0.416. The van der Waals surface area contributed by atoms with Crippen LogP contribution in [0.5, 0.6) is 0 Å². The highest BCUT2D eigenvalue weighted by molar-refractivity contribution is 7.99. The average molecular weight is 203 g/mol. The molecule has 3 amide bonds. The summed E-state index contributed by atoms with van der Waals surface area (Å²) >= 11 is 1.55. The maximum Gasteiger partial charge on any atom is 0.322 e. The van der Waals surface area contributed by atoms with Gasteiger partial charge in [-0.05, 0) is 6.92 Å². The fourth-order valence-electron chi connectivity index (χ4n) is 1.04. The summed E-state index contributed by atoms with van der Waals surface area (Å²) in [5.41, 5.74) is 4.54. The topological polar surface area (TPSA) is 84.2 Å². The van der Waals surface area contributed by atoms with Crippen molar-refractivity contribution in [3.63, 3.8) is 0 Å². The number of hydrogen-bond acceptors (Lipinski definition) is 4. The molecule has 0 spiro atoms. The van der Waals surface area contributed by atoms with Gasteiger partial charge in [0.05, 0.1) is 0 Å². The van der Waals surface area contributed by atoms with E-state index in [2.05, 4.69) is 10.6 Å². The summed E-state index contributed by atoms with van der Waals surface area (Å²) in [4.78, 5) is 22.1. The van der Waals surface area contributed by atoms with E-state index < -0.39 is 11.6 Å². The van der Waals surface area contributed by atoms with E-state index in [1.54, 1.807) is 18.7 Å². The Morgan fingerprint density at radius 2 is 2.23 bits per heavy atom. The quantitative estimate of drug-likeness (QED) is 0.416. The van der Waals surface area contributed by atoms with Crippen LogP contribution >= 0.6 is 11.8 Å². The van der Waals surface area contributed by atoms with Crippen LogP contribution in [-0.2, 0) is 4.79 Å². The van der Waals surface area contributed by atoms with Gasteiger partial charge in [0.2, 0.25) is 0 Å². The number of amides is 3. The van der Waals surface area contributed by atoms with Crippen LogP contribution in [0.1, 0.15) is 6.92 Å². The number of urea groups is 1. The van der Waals surface area contributed by atoms with Crippen LogP contribution in [-0.4, -0.2) is 35.5 Å². The molecule has 0 aromatic carbocycles. The van der Waals surface area contributed by atoms with Crippen LogP contribution in [0.4, 0.5) is 4.79 Å². The zero-order valence-corrected chi connectivity index (χ0v) is 8.24. The SMILES string of the molecule is CC1(CSCCN)NC(=O)NC1=O. The summed E-state index contributed by atoms with van der Waals surface area (Å²) < 4.78 is 0. The highest BCUT2D eigenvalue weighted by atomic mass is 32.2. The van der Waals surface area contributed by atoms with Crippen molar-refractivity contribution in [2.45, 2.75) is 12.5 Å². The Morgan fingerprint density at radius 3 is 2.69 bits per heavy atom. The summed E-state index contributed by atoms with van der Waals surface area (Å²) in [5, 5.41) is 4.78. The van der Waals surface area contributed by atoms with Crippen molar-refractivity contribution >= 4 is 23.7 Å². The molecular formula is C7H13N3O2S. The van der Waals surface area contributed by atoms with Crippen molar-refractivity contribution in [2.24, 2.45) is 5.73 Å². The third-order valence-corrected chi connectivity index (χ3v) is 3.08. The summed E-state index contributed by atoms with van der Waals surface area (Å²) in [6.07, 6.45) is 0. The van der Waals surface area contributed by atoms with Gasteiger partial charge in [-0.25, -0.2) is 4.79 Å². The Hall–Kier alpha value is -0.750. The van der Waals surface area contributed by atoms with Crippen molar-refractivity contribution in [1.82, 2.24) is 10.6 Å². The number of carbonyl (C=O) groups is 2. The van der Waals surface area contributed by atoms with Gasteiger partial charge in [0.15, 0.2) is 0 Å². The van der Waals surface area contributed by atoms with Gasteiger partial charge in [-0.2, -0.15) is 11.8 Å². The molecule has 0 saturated carbocycles. The normalized spacial score (nSPS) is 27.2. The maximum atomic E-state index is 11.3. The van der Waals surface area contributed by atoms with Gasteiger partial charge in [0.1, 0.15) is 5.54 Å². The molecule has 0 aromatic rings. The van der Waals surface area contributed by atoms with E-state index in [0.29, 0.717) is 12.3 Å². The van der Waals surface area contributed by atoms with Crippen LogP contribution < -0.4 is 16.4 Å². The summed E-state index contributed by atoms with van der Waals surface area (Å²) in [6.45, 7) is 2.28. The third kappa shape index (κ3) is 2.35. The molecule has 1 atom stereocenters. The predicted molar refractivity (Wildman–Crippen MR) is 51.5 cm³/mol. The first-order valence-corrected chi connectivity index (χ1v) is 5.15. The third-order valence-electron chi connectivity index (χ3n) is 1.77. The fraction of sp³-hybridized carbons (Fsp3) is 0.714. The minimum absolute atomic E-state index is 0.262. The standard InChI is InChI=1S/C7H13N3O2S/c1-7(4-13-3-2-8)5(11)9-6(12)10-7/h2-4,8H2,1H3,(H2,9,10,11,12). The lowest BCUT2D eigenvalue weighted by molar-refractivity contribution is -0.122. The number of nitrogens with two attached hydrogens (primary N) is 1. The van der Waals surface area contributed by atoms with E-state index in [0.717, 1.165) is 5.75 Å². The predicted octanol–water partition coefficient (Wildman–Crippen LogP) is -0.724. The molecule has 1 rings (SSSR count). The number of nitrogens with one attached hydrogen (secondary N) is 2. The number of imide groups is 1. The monoisotopic (exact) mass is 203 g/mol. The van der Waals surface area contributed by atoms with Gasteiger partial charge in [-0.1, -0.05) is 0 Å².